The van der Waals surface area contributed by atoms with Crippen molar-refractivity contribution in [1.82, 2.24) is 10.6 Å². The molecule has 3 heteroatoms. The van der Waals surface area contributed by atoms with Gasteiger partial charge < -0.3 is 10.6 Å². The summed E-state index contributed by atoms with van der Waals surface area (Å²) in [4.78, 5) is 0. The summed E-state index contributed by atoms with van der Waals surface area (Å²) in [5, 5.41) is 6.86. The molecule has 0 heterocycles. The molecule has 0 saturated heterocycles. The Balaban J connectivity index is 2.67. The van der Waals surface area contributed by atoms with Gasteiger partial charge in [0.05, 0.1) is 0 Å². The van der Waals surface area contributed by atoms with Crippen LogP contribution in [0.1, 0.15) is 33.3 Å². The van der Waals surface area contributed by atoms with Crippen LogP contribution in [0, 0.1) is 0 Å². The molecule has 0 radical (unpaired) electrons. The zero-order valence-electron chi connectivity index (χ0n) is 12.1. The lowest BCUT2D eigenvalue weighted by molar-refractivity contribution is 0.332. The van der Waals surface area contributed by atoms with Crippen LogP contribution in [0.4, 0.5) is 0 Å². The molecule has 0 aromatic heterocycles. The monoisotopic (exact) mass is 312 g/mol. The van der Waals surface area contributed by atoms with Crippen molar-refractivity contribution in [2.75, 3.05) is 20.1 Å². The molecule has 0 aliphatic carbocycles. The van der Waals surface area contributed by atoms with Gasteiger partial charge in [-0.1, -0.05) is 41.9 Å². The summed E-state index contributed by atoms with van der Waals surface area (Å²) in [5.41, 5.74) is 1.60. The molecular formula is C15H25BrN2. The summed E-state index contributed by atoms with van der Waals surface area (Å²) in [6, 6.07) is 8.60. The SMILES string of the molecule is CNCC(C)(C)NCC(C)(C)c1ccc(Br)cc1. The van der Waals surface area contributed by atoms with Crippen LogP contribution in [0.2, 0.25) is 0 Å². The van der Waals surface area contributed by atoms with Crippen molar-refractivity contribution < 1.29 is 0 Å². The first kappa shape index (κ1) is 15.7. The van der Waals surface area contributed by atoms with Crippen LogP contribution < -0.4 is 10.6 Å². The van der Waals surface area contributed by atoms with Gasteiger partial charge in [-0.3, -0.25) is 0 Å². The number of benzene rings is 1. The molecule has 2 N–H and O–H groups in total. The van der Waals surface area contributed by atoms with E-state index in [0.29, 0.717) is 0 Å². The zero-order chi connectivity index (χ0) is 13.8. The molecule has 0 atom stereocenters. The quantitative estimate of drug-likeness (QED) is 0.842. The third-order valence-corrected chi connectivity index (χ3v) is 3.78. The maximum absolute atomic E-state index is 3.64. The summed E-state index contributed by atoms with van der Waals surface area (Å²) < 4.78 is 1.13. The van der Waals surface area contributed by atoms with Gasteiger partial charge in [0.15, 0.2) is 0 Å². The molecule has 0 aliphatic heterocycles. The molecule has 0 bridgehead atoms. The highest BCUT2D eigenvalue weighted by Gasteiger charge is 2.24. The Hall–Kier alpha value is -0.380. The second kappa shape index (κ2) is 6.18. The highest BCUT2D eigenvalue weighted by Crippen LogP contribution is 2.24. The molecule has 0 spiro atoms. The van der Waals surface area contributed by atoms with Crippen molar-refractivity contribution in [2.45, 2.75) is 38.6 Å². The molecule has 2 nitrogen and oxygen atoms in total. The van der Waals surface area contributed by atoms with Gasteiger partial charge in [0, 0.05) is 28.5 Å². The number of hydrogen-bond acceptors (Lipinski definition) is 2. The summed E-state index contributed by atoms with van der Waals surface area (Å²) in [6.45, 7) is 10.9. The van der Waals surface area contributed by atoms with Gasteiger partial charge in [0.25, 0.3) is 0 Å². The van der Waals surface area contributed by atoms with Crippen molar-refractivity contribution in [2.24, 2.45) is 0 Å². The van der Waals surface area contributed by atoms with Crippen molar-refractivity contribution in [3.63, 3.8) is 0 Å². The Labute approximate surface area is 120 Å². The molecule has 102 valence electrons. The fourth-order valence-electron chi connectivity index (χ4n) is 1.97. The summed E-state index contributed by atoms with van der Waals surface area (Å²) in [6.07, 6.45) is 0. The van der Waals surface area contributed by atoms with Gasteiger partial charge in [0.2, 0.25) is 0 Å². The number of halogens is 1. The molecule has 0 saturated carbocycles. The van der Waals surface area contributed by atoms with E-state index in [1.165, 1.54) is 5.56 Å². The Morgan fingerprint density at radius 1 is 1.00 bits per heavy atom. The number of hydrogen-bond donors (Lipinski definition) is 2. The molecule has 0 unspecified atom stereocenters. The van der Waals surface area contributed by atoms with Crippen LogP contribution in [0.25, 0.3) is 0 Å². The average molecular weight is 313 g/mol. The third kappa shape index (κ3) is 4.71. The minimum atomic E-state index is 0.112. The summed E-state index contributed by atoms with van der Waals surface area (Å²) >= 11 is 3.48. The van der Waals surface area contributed by atoms with Gasteiger partial charge in [-0.15, -0.1) is 0 Å². The second-order valence-electron chi connectivity index (χ2n) is 6.16. The van der Waals surface area contributed by atoms with Crippen LogP contribution >= 0.6 is 15.9 Å². The predicted molar refractivity (Wildman–Crippen MR) is 83.2 cm³/mol. The van der Waals surface area contributed by atoms with E-state index >= 15 is 0 Å². The van der Waals surface area contributed by atoms with E-state index in [9.17, 15) is 0 Å². The molecule has 0 aliphatic rings. The summed E-state index contributed by atoms with van der Waals surface area (Å²) in [5.74, 6) is 0. The molecule has 0 fully saturated rings. The van der Waals surface area contributed by atoms with Crippen molar-refractivity contribution >= 4 is 15.9 Å². The lowest BCUT2D eigenvalue weighted by Gasteiger charge is -2.33. The van der Waals surface area contributed by atoms with E-state index in [-0.39, 0.29) is 11.0 Å². The van der Waals surface area contributed by atoms with E-state index < -0.39 is 0 Å². The van der Waals surface area contributed by atoms with E-state index in [1.807, 2.05) is 7.05 Å². The number of likely N-dealkylation sites (N-methyl/N-ethyl adjacent to an activating group) is 1. The topological polar surface area (TPSA) is 24.1 Å². The molecule has 1 aromatic carbocycles. The lowest BCUT2D eigenvalue weighted by Crippen LogP contribution is -2.50. The van der Waals surface area contributed by atoms with Gasteiger partial charge in [-0.25, -0.2) is 0 Å². The molecular weight excluding hydrogens is 288 g/mol. The minimum absolute atomic E-state index is 0.112. The Bertz CT molecular complexity index is 369. The highest BCUT2D eigenvalue weighted by atomic mass is 79.9. The average Bonchev–Trinajstić information content (AvgIpc) is 2.27. The predicted octanol–water partition coefficient (Wildman–Crippen LogP) is 3.31. The first-order chi connectivity index (χ1) is 8.27. The van der Waals surface area contributed by atoms with Crippen LogP contribution in [-0.4, -0.2) is 25.7 Å². The maximum atomic E-state index is 3.64. The van der Waals surface area contributed by atoms with E-state index in [2.05, 4.69) is 78.5 Å². The van der Waals surface area contributed by atoms with Gasteiger partial charge in [0.1, 0.15) is 0 Å². The Morgan fingerprint density at radius 3 is 2.06 bits per heavy atom. The number of rotatable bonds is 6. The van der Waals surface area contributed by atoms with Crippen molar-refractivity contribution in [1.29, 1.82) is 0 Å². The van der Waals surface area contributed by atoms with Crippen LogP contribution in [0.3, 0.4) is 0 Å². The van der Waals surface area contributed by atoms with E-state index in [1.54, 1.807) is 0 Å². The van der Waals surface area contributed by atoms with Crippen molar-refractivity contribution in [3.05, 3.63) is 34.3 Å². The smallest absolute Gasteiger partial charge is 0.0249 e. The standard InChI is InChI=1S/C15H25BrN2/c1-14(2,10-18-15(3,4)11-17-5)12-6-8-13(16)9-7-12/h6-9,17-18H,10-11H2,1-5H3. The number of nitrogens with one attached hydrogen (secondary N) is 2. The summed E-state index contributed by atoms with van der Waals surface area (Å²) in [7, 11) is 1.99. The van der Waals surface area contributed by atoms with Crippen LogP contribution in [-0.2, 0) is 5.41 Å². The Kier molecular flexibility index (Phi) is 5.38. The Morgan fingerprint density at radius 2 is 1.56 bits per heavy atom. The van der Waals surface area contributed by atoms with Gasteiger partial charge in [-0.05, 0) is 38.6 Å². The third-order valence-electron chi connectivity index (χ3n) is 3.25. The first-order valence-corrected chi connectivity index (χ1v) is 7.22. The molecule has 0 amide bonds. The fourth-order valence-corrected chi connectivity index (χ4v) is 2.23. The fraction of sp³-hybridized carbons (Fsp3) is 0.600. The van der Waals surface area contributed by atoms with Crippen LogP contribution in [0.5, 0.6) is 0 Å². The van der Waals surface area contributed by atoms with Gasteiger partial charge in [-0.2, -0.15) is 0 Å². The van der Waals surface area contributed by atoms with Crippen molar-refractivity contribution in [3.8, 4) is 0 Å². The second-order valence-corrected chi connectivity index (χ2v) is 7.07. The largest absolute Gasteiger partial charge is 0.318 e. The molecule has 18 heavy (non-hydrogen) atoms. The van der Waals surface area contributed by atoms with E-state index in [0.717, 1.165) is 17.6 Å². The van der Waals surface area contributed by atoms with Crippen LogP contribution in [0.15, 0.2) is 28.7 Å². The lowest BCUT2D eigenvalue weighted by atomic mass is 9.84. The molecule has 1 rings (SSSR count). The first-order valence-electron chi connectivity index (χ1n) is 6.42. The highest BCUT2D eigenvalue weighted by molar-refractivity contribution is 9.10. The minimum Gasteiger partial charge on any atom is -0.318 e. The normalized spacial score (nSPS) is 12.8. The van der Waals surface area contributed by atoms with Gasteiger partial charge >= 0.3 is 0 Å². The maximum Gasteiger partial charge on any atom is 0.0249 e. The zero-order valence-corrected chi connectivity index (χ0v) is 13.7. The molecule has 1 aromatic rings. The van der Waals surface area contributed by atoms with E-state index in [4.69, 9.17) is 0 Å².